The van der Waals surface area contributed by atoms with Crippen LogP contribution in [0.1, 0.15) is 21.8 Å². The van der Waals surface area contributed by atoms with Crippen LogP contribution in [0.2, 0.25) is 0 Å². The molecule has 0 unspecified atom stereocenters. The summed E-state index contributed by atoms with van der Waals surface area (Å²) in [5.74, 6) is 1.43. The number of aromatic nitrogens is 3. The third kappa shape index (κ3) is 4.12. The van der Waals surface area contributed by atoms with Gasteiger partial charge >= 0.3 is 6.18 Å². The van der Waals surface area contributed by atoms with Crippen molar-refractivity contribution in [3.8, 4) is 11.4 Å². The maximum atomic E-state index is 12.7. The standard InChI is InChI=1S/C20H18F3N5O2/c1-13-25-18(26-30-13)15-4-7-17(24-12-15)27-8-10-28(11-9-27)19(29)14-2-5-16(6-3-14)20(21,22)23/h2-7,12H,8-11H2,1H3. The largest absolute Gasteiger partial charge is 0.416 e. The van der Waals surface area contributed by atoms with Crippen molar-refractivity contribution in [3.63, 3.8) is 0 Å². The van der Waals surface area contributed by atoms with Crippen LogP contribution in [-0.2, 0) is 6.18 Å². The fourth-order valence-electron chi connectivity index (χ4n) is 3.24. The molecule has 0 bridgehead atoms. The molecule has 7 nitrogen and oxygen atoms in total. The van der Waals surface area contributed by atoms with Gasteiger partial charge in [0.15, 0.2) is 0 Å². The number of carbonyl (C=O) groups is 1. The van der Waals surface area contributed by atoms with Crippen molar-refractivity contribution in [2.75, 3.05) is 31.1 Å². The van der Waals surface area contributed by atoms with Crippen LogP contribution in [-0.4, -0.2) is 52.1 Å². The van der Waals surface area contributed by atoms with Gasteiger partial charge in [-0.2, -0.15) is 18.2 Å². The van der Waals surface area contributed by atoms with Crippen LogP contribution >= 0.6 is 0 Å². The summed E-state index contributed by atoms with van der Waals surface area (Å²) in [6, 6.07) is 8.01. The quantitative estimate of drug-likeness (QED) is 0.650. The van der Waals surface area contributed by atoms with Gasteiger partial charge in [0.1, 0.15) is 5.82 Å². The van der Waals surface area contributed by atoms with E-state index in [4.69, 9.17) is 4.52 Å². The van der Waals surface area contributed by atoms with Gasteiger partial charge in [0.2, 0.25) is 11.7 Å². The Bertz CT molecular complexity index is 1020. The molecule has 30 heavy (non-hydrogen) atoms. The predicted molar refractivity (Wildman–Crippen MR) is 102 cm³/mol. The van der Waals surface area contributed by atoms with Gasteiger partial charge in [-0.3, -0.25) is 4.79 Å². The second kappa shape index (κ2) is 7.77. The molecular weight excluding hydrogens is 399 g/mol. The lowest BCUT2D eigenvalue weighted by atomic mass is 10.1. The Balaban J connectivity index is 1.37. The van der Waals surface area contributed by atoms with E-state index in [0.29, 0.717) is 37.9 Å². The third-order valence-corrected chi connectivity index (χ3v) is 4.88. The first-order chi connectivity index (χ1) is 14.3. The highest BCUT2D eigenvalue weighted by Crippen LogP contribution is 2.29. The number of benzene rings is 1. The zero-order chi connectivity index (χ0) is 21.3. The van der Waals surface area contributed by atoms with Crippen LogP contribution < -0.4 is 4.90 Å². The molecule has 1 amide bonds. The van der Waals surface area contributed by atoms with E-state index in [-0.39, 0.29) is 11.5 Å². The molecule has 1 aliphatic rings. The first-order valence-corrected chi connectivity index (χ1v) is 9.29. The van der Waals surface area contributed by atoms with Crippen LogP contribution in [0.25, 0.3) is 11.4 Å². The average molecular weight is 417 g/mol. The lowest BCUT2D eigenvalue weighted by Crippen LogP contribution is -2.49. The highest BCUT2D eigenvalue weighted by molar-refractivity contribution is 5.94. The number of carbonyl (C=O) groups excluding carboxylic acids is 1. The topological polar surface area (TPSA) is 75.4 Å². The average Bonchev–Trinajstić information content (AvgIpc) is 3.19. The number of amides is 1. The van der Waals surface area contributed by atoms with Gasteiger partial charge in [-0.15, -0.1) is 0 Å². The molecule has 1 aliphatic heterocycles. The first-order valence-electron chi connectivity index (χ1n) is 9.29. The van der Waals surface area contributed by atoms with E-state index in [0.717, 1.165) is 23.5 Å². The van der Waals surface area contributed by atoms with E-state index in [9.17, 15) is 18.0 Å². The van der Waals surface area contributed by atoms with Crippen LogP contribution in [0, 0.1) is 6.92 Å². The minimum Gasteiger partial charge on any atom is -0.353 e. The zero-order valence-electron chi connectivity index (χ0n) is 16.1. The summed E-state index contributed by atoms with van der Waals surface area (Å²) in [5, 5.41) is 3.86. The lowest BCUT2D eigenvalue weighted by Gasteiger charge is -2.35. The smallest absolute Gasteiger partial charge is 0.353 e. The number of hydrogen-bond donors (Lipinski definition) is 0. The first kappa shape index (κ1) is 19.9. The number of aryl methyl sites for hydroxylation is 1. The highest BCUT2D eigenvalue weighted by Gasteiger charge is 2.30. The van der Waals surface area contributed by atoms with Crippen molar-refractivity contribution < 1.29 is 22.5 Å². The molecule has 2 aromatic heterocycles. The summed E-state index contributed by atoms with van der Waals surface area (Å²) in [6.07, 6.45) is -2.75. The number of hydrogen-bond acceptors (Lipinski definition) is 6. The predicted octanol–water partition coefficient (Wildman–Crippen LogP) is 3.42. The summed E-state index contributed by atoms with van der Waals surface area (Å²) in [5.41, 5.74) is 0.218. The Morgan fingerprint density at radius 1 is 1.03 bits per heavy atom. The second-order valence-corrected chi connectivity index (χ2v) is 6.90. The van der Waals surface area contributed by atoms with E-state index in [1.807, 2.05) is 17.0 Å². The molecule has 1 saturated heterocycles. The summed E-state index contributed by atoms with van der Waals surface area (Å²) >= 11 is 0. The zero-order valence-corrected chi connectivity index (χ0v) is 16.1. The summed E-state index contributed by atoms with van der Waals surface area (Å²) in [6.45, 7) is 3.75. The van der Waals surface area contributed by atoms with Gasteiger partial charge in [-0.05, 0) is 36.4 Å². The van der Waals surface area contributed by atoms with E-state index in [1.165, 1.54) is 12.1 Å². The minimum absolute atomic E-state index is 0.245. The number of nitrogens with zero attached hydrogens (tertiary/aromatic N) is 5. The Morgan fingerprint density at radius 2 is 1.73 bits per heavy atom. The van der Waals surface area contributed by atoms with Crippen LogP contribution in [0.5, 0.6) is 0 Å². The van der Waals surface area contributed by atoms with Crippen molar-refractivity contribution in [3.05, 3.63) is 59.6 Å². The minimum atomic E-state index is -4.42. The van der Waals surface area contributed by atoms with Crippen molar-refractivity contribution >= 4 is 11.7 Å². The maximum absolute atomic E-state index is 12.7. The Labute approximate surface area is 170 Å². The van der Waals surface area contributed by atoms with Gasteiger partial charge in [0.05, 0.1) is 5.56 Å². The van der Waals surface area contributed by atoms with Crippen molar-refractivity contribution in [1.29, 1.82) is 0 Å². The number of alkyl halides is 3. The molecule has 0 radical (unpaired) electrons. The van der Waals surface area contributed by atoms with Gasteiger partial charge in [0, 0.05) is 50.4 Å². The van der Waals surface area contributed by atoms with E-state index < -0.39 is 11.7 Å². The highest BCUT2D eigenvalue weighted by atomic mass is 19.4. The fourth-order valence-corrected chi connectivity index (χ4v) is 3.24. The van der Waals surface area contributed by atoms with Crippen LogP contribution in [0.4, 0.5) is 19.0 Å². The molecular formula is C20H18F3N5O2. The molecule has 1 fully saturated rings. The molecule has 10 heteroatoms. The molecule has 156 valence electrons. The molecule has 1 aromatic carbocycles. The SMILES string of the molecule is Cc1nc(-c2ccc(N3CCN(C(=O)c4ccc(C(F)(F)F)cc4)CC3)nc2)no1. The van der Waals surface area contributed by atoms with Gasteiger partial charge in [-0.1, -0.05) is 5.16 Å². The molecule has 3 heterocycles. The van der Waals surface area contributed by atoms with Crippen molar-refractivity contribution in [1.82, 2.24) is 20.0 Å². The van der Waals surface area contributed by atoms with Gasteiger partial charge in [0.25, 0.3) is 5.91 Å². The molecule has 0 N–H and O–H groups in total. The lowest BCUT2D eigenvalue weighted by molar-refractivity contribution is -0.137. The number of anilines is 1. The van der Waals surface area contributed by atoms with Crippen molar-refractivity contribution in [2.24, 2.45) is 0 Å². The number of halogens is 3. The Morgan fingerprint density at radius 3 is 2.27 bits per heavy atom. The van der Waals surface area contributed by atoms with E-state index >= 15 is 0 Å². The van der Waals surface area contributed by atoms with Gasteiger partial charge in [-0.25, -0.2) is 4.98 Å². The number of piperazine rings is 1. The van der Waals surface area contributed by atoms with E-state index in [1.54, 1.807) is 18.0 Å². The summed E-state index contributed by atoms with van der Waals surface area (Å²) in [7, 11) is 0. The maximum Gasteiger partial charge on any atom is 0.416 e. The molecule has 3 aromatic rings. The van der Waals surface area contributed by atoms with E-state index in [2.05, 4.69) is 15.1 Å². The van der Waals surface area contributed by atoms with Crippen LogP contribution in [0.15, 0.2) is 47.1 Å². The number of pyridine rings is 1. The molecule has 0 aliphatic carbocycles. The normalized spacial score (nSPS) is 14.8. The summed E-state index contributed by atoms with van der Waals surface area (Å²) < 4.78 is 43.0. The monoisotopic (exact) mass is 417 g/mol. The second-order valence-electron chi connectivity index (χ2n) is 6.90. The molecule has 4 rings (SSSR count). The summed E-state index contributed by atoms with van der Waals surface area (Å²) in [4.78, 5) is 24.9. The van der Waals surface area contributed by atoms with Crippen molar-refractivity contribution in [2.45, 2.75) is 13.1 Å². The number of rotatable bonds is 3. The van der Waals surface area contributed by atoms with Crippen LogP contribution in [0.3, 0.4) is 0 Å². The Hall–Kier alpha value is -3.43. The molecule has 0 atom stereocenters. The fraction of sp³-hybridized carbons (Fsp3) is 0.300. The van der Waals surface area contributed by atoms with Gasteiger partial charge < -0.3 is 14.3 Å². The molecule has 0 saturated carbocycles. The molecule has 0 spiro atoms. The Kier molecular flexibility index (Phi) is 5.15. The third-order valence-electron chi connectivity index (χ3n) is 4.88.